The summed E-state index contributed by atoms with van der Waals surface area (Å²) in [5.74, 6) is 2.50. The number of hydrogen-bond acceptors (Lipinski definition) is 8. The van der Waals surface area contributed by atoms with Gasteiger partial charge in [0.2, 0.25) is 0 Å². The molecule has 10 heteroatoms. The molecule has 0 radical (unpaired) electrons. The first-order chi connectivity index (χ1) is 20.5. The average molecular weight is 556 g/mol. The van der Waals surface area contributed by atoms with Crippen molar-refractivity contribution < 1.29 is 9.66 Å². The molecule has 0 saturated heterocycles. The summed E-state index contributed by atoms with van der Waals surface area (Å²) in [5, 5.41) is 20.2. The molecule has 10 nitrogen and oxygen atoms in total. The summed E-state index contributed by atoms with van der Waals surface area (Å²) in [6.07, 6.45) is 0. The lowest BCUT2D eigenvalue weighted by Gasteiger charge is -2.40. The number of nitro benzene ring substituents is 1. The zero-order chi connectivity index (χ0) is 28.8. The number of amidine groups is 2. The van der Waals surface area contributed by atoms with Gasteiger partial charge in [-0.15, -0.1) is 0 Å². The third-order valence-corrected chi connectivity index (χ3v) is 7.39. The molecule has 5 aromatic rings. The number of non-ortho nitro benzene ring substituents is 1. The Labute approximate surface area is 241 Å². The van der Waals surface area contributed by atoms with Gasteiger partial charge >= 0.3 is 0 Å². The summed E-state index contributed by atoms with van der Waals surface area (Å²) < 4.78 is 7.15. The van der Waals surface area contributed by atoms with Crippen molar-refractivity contribution in [2.45, 2.75) is 13.0 Å². The number of aliphatic imine (C=N–C) groups is 2. The van der Waals surface area contributed by atoms with Gasteiger partial charge in [0.25, 0.3) is 5.69 Å². The van der Waals surface area contributed by atoms with Gasteiger partial charge in [0.1, 0.15) is 5.75 Å². The second-order valence-electron chi connectivity index (χ2n) is 9.93. The van der Waals surface area contributed by atoms with Crippen LogP contribution in [0.25, 0.3) is 5.69 Å². The van der Waals surface area contributed by atoms with E-state index in [4.69, 9.17) is 19.8 Å². The molecule has 2 aliphatic rings. The Hall–Kier alpha value is -5.77. The number of benzene rings is 4. The highest BCUT2D eigenvalue weighted by Crippen LogP contribution is 2.48. The number of aromatic nitrogens is 2. The summed E-state index contributed by atoms with van der Waals surface area (Å²) >= 11 is 0. The number of para-hydroxylation sites is 3. The second-order valence-corrected chi connectivity index (χ2v) is 9.93. The first kappa shape index (κ1) is 25.2. The fourth-order valence-corrected chi connectivity index (χ4v) is 5.48. The van der Waals surface area contributed by atoms with Crippen LogP contribution >= 0.6 is 0 Å². The number of nitrogens with one attached hydrogen (secondary N) is 1. The van der Waals surface area contributed by atoms with Crippen LogP contribution in [0.3, 0.4) is 0 Å². The van der Waals surface area contributed by atoms with Crippen LogP contribution < -0.4 is 15.0 Å². The highest BCUT2D eigenvalue weighted by molar-refractivity contribution is 6.51. The molecule has 2 aliphatic heterocycles. The van der Waals surface area contributed by atoms with Gasteiger partial charge < -0.3 is 15.0 Å². The van der Waals surface area contributed by atoms with E-state index in [2.05, 4.69) is 10.2 Å². The van der Waals surface area contributed by atoms with Gasteiger partial charge in [-0.1, -0.05) is 42.5 Å². The van der Waals surface area contributed by atoms with Crippen LogP contribution in [0.4, 0.5) is 28.6 Å². The van der Waals surface area contributed by atoms with E-state index < -0.39 is 6.04 Å². The Morgan fingerprint density at radius 3 is 2.43 bits per heavy atom. The van der Waals surface area contributed by atoms with E-state index in [9.17, 15) is 10.1 Å². The highest BCUT2D eigenvalue weighted by Gasteiger charge is 2.41. The van der Waals surface area contributed by atoms with Gasteiger partial charge in [-0.2, -0.15) is 5.10 Å². The monoisotopic (exact) mass is 555 g/mol. The van der Waals surface area contributed by atoms with Crippen LogP contribution in [0.1, 0.15) is 22.9 Å². The van der Waals surface area contributed by atoms with E-state index in [0.717, 1.165) is 45.3 Å². The number of hydrogen-bond donors (Lipinski definition) is 1. The minimum absolute atomic E-state index is 0.0155. The molecule has 0 fully saturated rings. The summed E-state index contributed by atoms with van der Waals surface area (Å²) in [5.41, 5.74) is 5.65. The summed E-state index contributed by atoms with van der Waals surface area (Å²) in [7, 11) is 1.63. The smallest absolute Gasteiger partial charge is 0.269 e. The maximum atomic E-state index is 11.8. The Bertz CT molecular complexity index is 1900. The molecule has 0 aliphatic carbocycles. The highest BCUT2D eigenvalue weighted by atomic mass is 16.6. The van der Waals surface area contributed by atoms with Crippen molar-refractivity contribution in [3.8, 4) is 11.4 Å². The lowest BCUT2D eigenvalue weighted by molar-refractivity contribution is -0.384. The van der Waals surface area contributed by atoms with E-state index in [-0.39, 0.29) is 10.6 Å². The van der Waals surface area contributed by atoms with Gasteiger partial charge in [0, 0.05) is 23.4 Å². The van der Waals surface area contributed by atoms with Gasteiger partial charge in [-0.3, -0.25) is 10.1 Å². The zero-order valence-corrected chi connectivity index (χ0v) is 22.8. The minimum Gasteiger partial charge on any atom is -0.497 e. The molecular formula is C32H25N7O3. The van der Waals surface area contributed by atoms with E-state index >= 15 is 0 Å². The second kappa shape index (κ2) is 10.0. The molecule has 0 bridgehead atoms. The van der Waals surface area contributed by atoms with Crippen LogP contribution in [-0.4, -0.2) is 33.5 Å². The number of aryl methyl sites for hydroxylation is 1. The number of ether oxygens (including phenoxy) is 1. The SMILES string of the molecule is COc1ccc(NC2=Nc3ccccc3N3C2=Nc2c(c(C)nn2-c2ccccc2)C3c2cccc([N+](=O)[O-])c2)cc1. The number of anilines is 2. The molecular weight excluding hydrogens is 530 g/mol. The Morgan fingerprint density at radius 1 is 0.905 bits per heavy atom. The molecule has 1 unspecified atom stereocenters. The summed E-state index contributed by atoms with van der Waals surface area (Å²) in [6, 6.07) is 31.5. The molecule has 0 spiro atoms. The van der Waals surface area contributed by atoms with Gasteiger partial charge in [0.15, 0.2) is 17.5 Å². The fraction of sp³-hybridized carbons (Fsp3) is 0.0938. The number of rotatable bonds is 5. The van der Waals surface area contributed by atoms with E-state index in [1.807, 2.05) is 96.5 Å². The normalized spacial score (nSPS) is 15.1. The first-order valence-electron chi connectivity index (χ1n) is 13.4. The van der Waals surface area contributed by atoms with E-state index in [0.29, 0.717) is 17.5 Å². The van der Waals surface area contributed by atoms with Crippen molar-refractivity contribution in [3.05, 3.63) is 130 Å². The molecule has 1 N–H and O–H groups in total. The molecule has 1 aromatic heterocycles. The zero-order valence-electron chi connectivity index (χ0n) is 22.8. The van der Waals surface area contributed by atoms with Crippen LogP contribution in [0, 0.1) is 17.0 Å². The van der Waals surface area contributed by atoms with Gasteiger partial charge in [-0.25, -0.2) is 14.7 Å². The Morgan fingerprint density at radius 2 is 1.67 bits per heavy atom. The standard InChI is InChI=1S/C32H25N7O3/c1-20-28-29(21-9-8-12-24(19-21)39(40)41)37-27-14-7-6-13-26(27)34-30(33-22-15-17-25(42-2)18-16-22)32(37)35-31(28)38(36-20)23-10-4-3-5-11-23/h3-19,29H,1-2H3,(H,33,34). The topological polar surface area (TPSA) is 110 Å². The third-order valence-electron chi connectivity index (χ3n) is 7.39. The number of nitrogens with zero attached hydrogens (tertiary/aromatic N) is 6. The lowest BCUT2D eigenvalue weighted by Crippen LogP contribution is -2.46. The molecule has 0 saturated carbocycles. The maximum Gasteiger partial charge on any atom is 0.269 e. The molecule has 3 heterocycles. The molecule has 42 heavy (non-hydrogen) atoms. The summed E-state index contributed by atoms with van der Waals surface area (Å²) in [4.78, 5) is 23.7. The minimum atomic E-state index is -0.464. The Balaban J connectivity index is 1.48. The largest absolute Gasteiger partial charge is 0.497 e. The molecule has 1 atom stereocenters. The average Bonchev–Trinajstić information content (AvgIpc) is 3.36. The van der Waals surface area contributed by atoms with Crippen molar-refractivity contribution in [3.63, 3.8) is 0 Å². The quantitative estimate of drug-likeness (QED) is 0.187. The van der Waals surface area contributed by atoms with Crippen molar-refractivity contribution in [2.75, 3.05) is 17.3 Å². The van der Waals surface area contributed by atoms with Gasteiger partial charge in [0.05, 0.1) is 40.8 Å². The van der Waals surface area contributed by atoms with Crippen molar-refractivity contribution in [1.29, 1.82) is 0 Å². The number of fused-ring (bicyclic) bond motifs is 4. The molecule has 4 aromatic carbocycles. The Kier molecular flexibility index (Phi) is 6.01. The molecule has 7 rings (SSSR count). The van der Waals surface area contributed by atoms with Crippen LogP contribution in [0.15, 0.2) is 113 Å². The predicted molar refractivity (Wildman–Crippen MR) is 163 cm³/mol. The predicted octanol–water partition coefficient (Wildman–Crippen LogP) is 6.89. The first-order valence-corrected chi connectivity index (χ1v) is 13.4. The van der Waals surface area contributed by atoms with Crippen molar-refractivity contribution in [1.82, 2.24) is 9.78 Å². The van der Waals surface area contributed by atoms with E-state index in [1.54, 1.807) is 19.2 Å². The maximum absolute atomic E-state index is 11.8. The number of methoxy groups -OCH3 is 1. The van der Waals surface area contributed by atoms with E-state index in [1.165, 1.54) is 6.07 Å². The van der Waals surface area contributed by atoms with Crippen LogP contribution in [0.5, 0.6) is 5.75 Å². The van der Waals surface area contributed by atoms with Crippen molar-refractivity contribution >= 4 is 40.2 Å². The fourth-order valence-electron chi connectivity index (χ4n) is 5.48. The molecule has 206 valence electrons. The number of nitro groups is 1. The van der Waals surface area contributed by atoms with Crippen molar-refractivity contribution in [2.24, 2.45) is 9.98 Å². The lowest BCUT2D eigenvalue weighted by atomic mass is 9.93. The molecule has 0 amide bonds. The third kappa shape index (κ3) is 4.17. The van der Waals surface area contributed by atoms with Crippen LogP contribution in [0.2, 0.25) is 0 Å². The van der Waals surface area contributed by atoms with Gasteiger partial charge in [-0.05, 0) is 61.0 Å². The summed E-state index contributed by atoms with van der Waals surface area (Å²) in [6.45, 7) is 1.95. The van der Waals surface area contributed by atoms with Crippen LogP contribution in [-0.2, 0) is 0 Å².